The Hall–Kier alpha value is -2.30. The molecule has 1 aliphatic carbocycles. The molecule has 5 rings (SSSR count). The summed E-state index contributed by atoms with van der Waals surface area (Å²) >= 11 is 6.06. The number of H-pyrrole nitrogens is 1. The van der Waals surface area contributed by atoms with E-state index in [9.17, 15) is 12.8 Å². The number of aromatic nitrogens is 4. The number of sulfonamides is 1. The Morgan fingerprint density at radius 3 is 2.81 bits per heavy atom. The molecule has 1 aliphatic heterocycles. The quantitative estimate of drug-likeness (QED) is 0.598. The zero-order chi connectivity index (χ0) is 21.6. The van der Waals surface area contributed by atoms with E-state index in [1.165, 1.54) is 10.5 Å². The maximum absolute atomic E-state index is 14.5. The molecule has 11 heteroatoms. The van der Waals surface area contributed by atoms with Gasteiger partial charge in [-0.15, -0.1) is 0 Å². The molecule has 0 radical (unpaired) electrons. The van der Waals surface area contributed by atoms with E-state index >= 15 is 0 Å². The summed E-state index contributed by atoms with van der Waals surface area (Å²) in [5.41, 5.74) is 1.29. The van der Waals surface area contributed by atoms with Crippen LogP contribution < -0.4 is 5.32 Å². The highest BCUT2D eigenvalue weighted by molar-refractivity contribution is 7.89. The van der Waals surface area contributed by atoms with Gasteiger partial charge in [0.1, 0.15) is 5.65 Å². The lowest BCUT2D eigenvalue weighted by atomic mass is 10.2. The highest BCUT2D eigenvalue weighted by Crippen LogP contribution is 2.31. The van der Waals surface area contributed by atoms with E-state index in [1.54, 1.807) is 12.3 Å². The standard InChI is InChI=1S/C20H22ClFN6O2S/c21-12-7-15-16(9-24-18(15)23-8-12)19-25-10-17(22)20(27-19)26-13-5-6-28(11-13)31(29,30)14-3-1-2-4-14/h7-10,13-14H,1-6,11H2,(H,23,24)(H,25,26,27). The van der Waals surface area contributed by atoms with E-state index in [2.05, 4.69) is 25.3 Å². The van der Waals surface area contributed by atoms with Crippen LogP contribution in [0.1, 0.15) is 32.1 Å². The molecule has 3 aromatic heterocycles. The Balaban J connectivity index is 1.36. The number of rotatable bonds is 5. The molecule has 31 heavy (non-hydrogen) atoms. The molecular weight excluding hydrogens is 443 g/mol. The molecule has 3 aromatic rings. The Kier molecular flexibility index (Phi) is 5.31. The van der Waals surface area contributed by atoms with Gasteiger partial charge in [0.25, 0.3) is 0 Å². The van der Waals surface area contributed by atoms with Gasteiger partial charge in [-0.25, -0.2) is 27.8 Å². The fourth-order valence-electron chi connectivity index (χ4n) is 4.43. The highest BCUT2D eigenvalue weighted by atomic mass is 35.5. The molecule has 2 fully saturated rings. The normalized spacial score (nSPS) is 20.6. The van der Waals surface area contributed by atoms with Crippen molar-refractivity contribution in [3.63, 3.8) is 0 Å². The van der Waals surface area contributed by atoms with Crippen molar-refractivity contribution in [2.45, 2.75) is 43.4 Å². The van der Waals surface area contributed by atoms with Gasteiger partial charge in [-0.1, -0.05) is 24.4 Å². The molecule has 1 atom stereocenters. The van der Waals surface area contributed by atoms with E-state index in [0.29, 0.717) is 41.6 Å². The monoisotopic (exact) mass is 464 g/mol. The predicted octanol–water partition coefficient (Wildman–Crippen LogP) is 3.57. The first-order valence-corrected chi connectivity index (χ1v) is 12.2. The Labute approximate surface area is 184 Å². The summed E-state index contributed by atoms with van der Waals surface area (Å²) in [7, 11) is -3.30. The van der Waals surface area contributed by atoms with Crippen molar-refractivity contribution in [3.8, 4) is 11.4 Å². The lowest BCUT2D eigenvalue weighted by molar-refractivity contribution is 0.462. The second-order valence-corrected chi connectivity index (χ2v) is 10.7. The molecule has 2 aliphatic rings. The van der Waals surface area contributed by atoms with E-state index in [0.717, 1.165) is 37.3 Å². The Morgan fingerprint density at radius 1 is 1.19 bits per heavy atom. The lowest BCUT2D eigenvalue weighted by Crippen LogP contribution is -2.37. The van der Waals surface area contributed by atoms with E-state index < -0.39 is 15.8 Å². The van der Waals surface area contributed by atoms with E-state index in [-0.39, 0.29) is 17.1 Å². The van der Waals surface area contributed by atoms with Gasteiger partial charge in [-0.05, 0) is 25.3 Å². The van der Waals surface area contributed by atoms with Crippen LogP contribution in [0, 0.1) is 5.82 Å². The average Bonchev–Trinajstić information content (AvgIpc) is 3.50. The number of anilines is 1. The number of nitrogens with zero attached hydrogens (tertiary/aromatic N) is 4. The summed E-state index contributed by atoms with van der Waals surface area (Å²) in [6.45, 7) is 0.743. The molecule has 0 spiro atoms. The first-order valence-electron chi connectivity index (χ1n) is 10.3. The third kappa shape index (κ3) is 3.88. The largest absolute Gasteiger partial charge is 0.363 e. The van der Waals surface area contributed by atoms with Gasteiger partial charge in [0.2, 0.25) is 10.0 Å². The number of nitrogens with one attached hydrogen (secondary N) is 2. The van der Waals surface area contributed by atoms with Crippen molar-refractivity contribution < 1.29 is 12.8 Å². The van der Waals surface area contributed by atoms with Crippen LogP contribution in [-0.2, 0) is 10.0 Å². The molecule has 0 amide bonds. The van der Waals surface area contributed by atoms with Gasteiger partial charge in [-0.2, -0.15) is 4.31 Å². The van der Waals surface area contributed by atoms with Crippen LogP contribution in [-0.4, -0.2) is 57.0 Å². The molecule has 1 saturated carbocycles. The van der Waals surface area contributed by atoms with Crippen molar-refractivity contribution in [1.29, 1.82) is 0 Å². The Bertz CT molecular complexity index is 1230. The van der Waals surface area contributed by atoms with Gasteiger partial charge in [0.15, 0.2) is 17.5 Å². The number of hydrogen-bond donors (Lipinski definition) is 2. The van der Waals surface area contributed by atoms with Crippen LogP contribution in [0.5, 0.6) is 0 Å². The van der Waals surface area contributed by atoms with Crippen molar-refractivity contribution in [2.75, 3.05) is 18.4 Å². The molecule has 8 nitrogen and oxygen atoms in total. The third-order valence-electron chi connectivity index (χ3n) is 6.06. The third-order valence-corrected chi connectivity index (χ3v) is 8.63. The SMILES string of the molecule is O=S(=O)(C1CCCC1)N1CCC(Nc2nc(-c3c[nH]c4ncc(Cl)cc34)ncc2F)C1. The molecule has 164 valence electrons. The van der Waals surface area contributed by atoms with Crippen molar-refractivity contribution in [1.82, 2.24) is 24.2 Å². The molecule has 1 saturated heterocycles. The highest BCUT2D eigenvalue weighted by Gasteiger charge is 2.38. The summed E-state index contributed by atoms with van der Waals surface area (Å²) in [6, 6.07) is 1.53. The number of hydrogen-bond acceptors (Lipinski definition) is 6. The van der Waals surface area contributed by atoms with Crippen LogP contribution in [0.25, 0.3) is 22.4 Å². The summed E-state index contributed by atoms with van der Waals surface area (Å²) < 4.78 is 41.7. The fourth-order valence-corrected chi connectivity index (χ4v) is 6.68. The van der Waals surface area contributed by atoms with E-state index in [4.69, 9.17) is 11.6 Å². The van der Waals surface area contributed by atoms with Gasteiger partial charge in [0, 0.05) is 42.5 Å². The molecule has 1 unspecified atom stereocenters. The maximum atomic E-state index is 14.5. The molecule has 2 N–H and O–H groups in total. The first kappa shape index (κ1) is 20.6. The minimum absolute atomic E-state index is 0.0550. The smallest absolute Gasteiger partial charge is 0.217 e. The van der Waals surface area contributed by atoms with Gasteiger partial charge in [-0.3, -0.25) is 0 Å². The van der Waals surface area contributed by atoms with Gasteiger partial charge in [0.05, 0.1) is 16.5 Å². The van der Waals surface area contributed by atoms with Crippen LogP contribution in [0.4, 0.5) is 10.2 Å². The summed E-state index contributed by atoms with van der Waals surface area (Å²) in [5, 5.41) is 4.01. The zero-order valence-corrected chi connectivity index (χ0v) is 18.3. The van der Waals surface area contributed by atoms with Crippen molar-refractivity contribution in [3.05, 3.63) is 35.5 Å². The van der Waals surface area contributed by atoms with Crippen LogP contribution in [0.2, 0.25) is 5.02 Å². The molecular formula is C20H22ClFN6O2S. The van der Waals surface area contributed by atoms with E-state index in [1.807, 2.05) is 0 Å². The molecule has 4 heterocycles. The van der Waals surface area contributed by atoms with Crippen LogP contribution >= 0.6 is 11.6 Å². The topological polar surface area (TPSA) is 104 Å². The van der Waals surface area contributed by atoms with Crippen LogP contribution in [0.15, 0.2) is 24.7 Å². The molecule has 0 bridgehead atoms. The molecule has 0 aromatic carbocycles. The number of aromatic amines is 1. The van der Waals surface area contributed by atoms with Crippen molar-refractivity contribution in [2.24, 2.45) is 0 Å². The fraction of sp³-hybridized carbons (Fsp3) is 0.450. The minimum atomic E-state index is -3.30. The minimum Gasteiger partial charge on any atom is -0.363 e. The average molecular weight is 465 g/mol. The first-order chi connectivity index (χ1) is 14.9. The number of halogens is 2. The van der Waals surface area contributed by atoms with Gasteiger partial charge < -0.3 is 10.3 Å². The predicted molar refractivity (Wildman–Crippen MR) is 117 cm³/mol. The van der Waals surface area contributed by atoms with Gasteiger partial charge >= 0.3 is 0 Å². The number of fused-ring (bicyclic) bond motifs is 1. The Morgan fingerprint density at radius 2 is 2.00 bits per heavy atom. The maximum Gasteiger partial charge on any atom is 0.217 e. The van der Waals surface area contributed by atoms with Crippen LogP contribution in [0.3, 0.4) is 0 Å². The van der Waals surface area contributed by atoms with Crippen molar-refractivity contribution >= 4 is 38.5 Å². The second kappa shape index (κ2) is 7.99. The summed E-state index contributed by atoms with van der Waals surface area (Å²) in [4.78, 5) is 15.7. The summed E-state index contributed by atoms with van der Waals surface area (Å²) in [6.07, 6.45) is 8.33. The summed E-state index contributed by atoms with van der Waals surface area (Å²) in [5.74, 6) is -0.205. The number of pyridine rings is 1. The second-order valence-electron chi connectivity index (χ2n) is 8.08. The lowest BCUT2D eigenvalue weighted by Gasteiger charge is -2.21. The zero-order valence-electron chi connectivity index (χ0n) is 16.7.